The van der Waals surface area contributed by atoms with Crippen LogP contribution in [0.4, 0.5) is 0 Å². The number of nitrogens with two attached hydrogens (primary N) is 1. The van der Waals surface area contributed by atoms with E-state index in [1.165, 1.54) is 25.7 Å². The second kappa shape index (κ2) is 7.46. The van der Waals surface area contributed by atoms with E-state index < -0.39 is 0 Å². The summed E-state index contributed by atoms with van der Waals surface area (Å²) < 4.78 is 5.69. The molecule has 0 spiro atoms. The van der Waals surface area contributed by atoms with Crippen molar-refractivity contribution in [3.8, 4) is 0 Å². The van der Waals surface area contributed by atoms with E-state index in [4.69, 9.17) is 10.5 Å². The van der Waals surface area contributed by atoms with Gasteiger partial charge in [0.15, 0.2) is 0 Å². The summed E-state index contributed by atoms with van der Waals surface area (Å²) in [6.45, 7) is 10.2. The van der Waals surface area contributed by atoms with Crippen LogP contribution in [-0.2, 0) is 4.74 Å². The molecule has 3 heteroatoms. The average Bonchev–Trinajstić information content (AvgIpc) is 2.33. The van der Waals surface area contributed by atoms with Crippen molar-refractivity contribution in [3.63, 3.8) is 0 Å². The van der Waals surface area contributed by atoms with Gasteiger partial charge in [0.2, 0.25) is 0 Å². The summed E-state index contributed by atoms with van der Waals surface area (Å²) in [6, 6.07) is 0. The highest BCUT2D eigenvalue weighted by molar-refractivity contribution is 4.94. The zero-order chi connectivity index (χ0) is 13.6. The van der Waals surface area contributed by atoms with Crippen molar-refractivity contribution in [2.75, 3.05) is 33.4 Å². The molecule has 2 N–H and O–H groups in total. The van der Waals surface area contributed by atoms with E-state index in [-0.39, 0.29) is 5.54 Å². The lowest BCUT2D eigenvalue weighted by Crippen LogP contribution is -2.55. The van der Waals surface area contributed by atoms with Crippen LogP contribution in [0.5, 0.6) is 0 Å². The SMILES string of the molecule is CC(C)COCCN(C)C1(CN)CCCC(C)C1. The molecule has 0 aromatic rings. The largest absolute Gasteiger partial charge is 0.380 e. The van der Waals surface area contributed by atoms with Crippen LogP contribution in [0.3, 0.4) is 0 Å². The fourth-order valence-corrected chi connectivity index (χ4v) is 3.08. The summed E-state index contributed by atoms with van der Waals surface area (Å²) in [7, 11) is 2.21. The number of hydrogen-bond acceptors (Lipinski definition) is 3. The highest BCUT2D eigenvalue weighted by Gasteiger charge is 2.36. The Morgan fingerprint density at radius 1 is 1.44 bits per heavy atom. The normalized spacial score (nSPS) is 29.2. The first-order chi connectivity index (χ1) is 8.50. The van der Waals surface area contributed by atoms with Crippen molar-refractivity contribution in [1.82, 2.24) is 4.90 Å². The monoisotopic (exact) mass is 256 g/mol. The van der Waals surface area contributed by atoms with Gasteiger partial charge in [-0.05, 0) is 31.7 Å². The molecule has 1 rings (SSSR count). The lowest BCUT2D eigenvalue weighted by molar-refractivity contribution is 0.0247. The molecule has 0 saturated heterocycles. The number of hydrogen-bond donors (Lipinski definition) is 1. The van der Waals surface area contributed by atoms with Crippen LogP contribution >= 0.6 is 0 Å². The fourth-order valence-electron chi connectivity index (χ4n) is 3.08. The zero-order valence-corrected chi connectivity index (χ0v) is 12.7. The first-order valence-corrected chi connectivity index (χ1v) is 7.49. The molecule has 1 aliphatic rings. The van der Waals surface area contributed by atoms with Crippen molar-refractivity contribution in [1.29, 1.82) is 0 Å². The summed E-state index contributed by atoms with van der Waals surface area (Å²) in [5.74, 6) is 1.43. The Morgan fingerprint density at radius 3 is 2.72 bits per heavy atom. The Labute approximate surface area is 113 Å². The van der Waals surface area contributed by atoms with Gasteiger partial charge in [0.1, 0.15) is 0 Å². The quantitative estimate of drug-likeness (QED) is 0.711. The molecule has 0 aliphatic heterocycles. The maximum absolute atomic E-state index is 6.07. The van der Waals surface area contributed by atoms with E-state index in [1.54, 1.807) is 0 Å². The van der Waals surface area contributed by atoms with Gasteiger partial charge in [-0.1, -0.05) is 33.6 Å². The van der Waals surface area contributed by atoms with Gasteiger partial charge in [-0.25, -0.2) is 0 Å². The second-order valence-electron chi connectivity index (χ2n) is 6.52. The van der Waals surface area contributed by atoms with Crippen molar-refractivity contribution in [2.45, 2.75) is 52.0 Å². The van der Waals surface area contributed by atoms with E-state index in [9.17, 15) is 0 Å². The smallest absolute Gasteiger partial charge is 0.0593 e. The minimum atomic E-state index is 0.221. The van der Waals surface area contributed by atoms with Gasteiger partial charge in [-0.2, -0.15) is 0 Å². The van der Waals surface area contributed by atoms with Gasteiger partial charge in [-0.15, -0.1) is 0 Å². The Bertz CT molecular complexity index is 233. The molecular formula is C15H32N2O. The van der Waals surface area contributed by atoms with E-state index in [1.807, 2.05) is 0 Å². The number of likely N-dealkylation sites (N-methyl/N-ethyl adjacent to an activating group) is 1. The number of ether oxygens (including phenoxy) is 1. The van der Waals surface area contributed by atoms with Crippen LogP contribution in [0.1, 0.15) is 46.5 Å². The lowest BCUT2D eigenvalue weighted by atomic mass is 9.75. The molecular weight excluding hydrogens is 224 g/mol. The van der Waals surface area contributed by atoms with Crippen LogP contribution in [0.15, 0.2) is 0 Å². The molecule has 0 radical (unpaired) electrons. The van der Waals surface area contributed by atoms with Crippen LogP contribution in [0.2, 0.25) is 0 Å². The second-order valence-corrected chi connectivity index (χ2v) is 6.52. The van der Waals surface area contributed by atoms with Crippen molar-refractivity contribution >= 4 is 0 Å². The Morgan fingerprint density at radius 2 is 2.17 bits per heavy atom. The predicted octanol–water partition coefficient (Wildman–Crippen LogP) is 2.50. The third-order valence-electron chi connectivity index (χ3n) is 4.28. The van der Waals surface area contributed by atoms with Crippen molar-refractivity contribution < 1.29 is 4.74 Å². The van der Waals surface area contributed by atoms with Crippen molar-refractivity contribution in [2.24, 2.45) is 17.6 Å². The molecule has 18 heavy (non-hydrogen) atoms. The van der Waals surface area contributed by atoms with Gasteiger partial charge >= 0.3 is 0 Å². The highest BCUT2D eigenvalue weighted by atomic mass is 16.5. The van der Waals surface area contributed by atoms with Gasteiger partial charge in [0, 0.05) is 25.2 Å². The summed E-state index contributed by atoms with van der Waals surface area (Å²) in [6.07, 6.45) is 5.16. The molecule has 1 aliphatic carbocycles. The number of nitrogens with zero attached hydrogens (tertiary/aromatic N) is 1. The van der Waals surface area contributed by atoms with Gasteiger partial charge in [0.25, 0.3) is 0 Å². The minimum Gasteiger partial charge on any atom is -0.380 e. The van der Waals surface area contributed by atoms with E-state index in [0.29, 0.717) is 5.92 Å². The Hall–Kier alpha value is -0.120. The Kier molecular flexibility index (Phi) is 6.61. The first-order valence-electron chi connectivity index (χ1n) is 7.49. The lowest BCUT2D eigenvalue weighted by Gasteiger charge is -2.46. The van der Waals surface area contributed by atoms with E-state index >= 15 is 0 Å². The molecule has 2 unspecified atom stereocenters. The minimum absolute atomic E-state index is 0.221. The van der Waals surface area contributed by atoms with E-state index in [2.05, 4.69) is 32.7 Å². The highest BCUT2D eigenvalue weighted by Crippen LogP contribution is 2.35. The maximum Gasteiger partial charge on any atom is 0.0593 e. The predicted molar refractivity (Wildman–Crippen MR) is 77.7 cm³/mol. The fraction of sp³-hybridized carbons (Fsp3) is 1.00. The van der Waals surface area contributed by atoms with Crippen LogP contribution < -0.4 is 5.73 Å². The summed E-state index contributed by atoms with van der Waals surface area (Å²) in [4.78, 5) is 2.45. The Balaban J connectivity index is 2.39. The average molecular weight is 256 g/mol. The molecule has 2 atom stereocenters. The molecule has 0 bridgehead atoms. The topological polar surface area (TPSA) is 38.5 Å². The summed E-state index contributed by atoms with van der Waals surface area (Å²) in [5, 5.41) is 0. The van der Waals surface area contributed by atoms with Gasteiger partial charge in [-0.3, -0.25) is 4.90 Å². The van der Waals surface area contributed by atoms with Gasteiger partial charge in [0.05, 0.1) is 6.61 Å². The first kappa shape index (κ1) is 15.9. The molecule has 1 fully saturated rings. The van der Waals surface area contributed by atoms with Crippen LogP contribution in [-0.4, -0.2) is 43.8 Å². The third-order valence-corrected chi connectivity index (χ3v) is 4.28. The van der Waals surface area contributed by atoms with Crippen molar-refractivity contribution in [3.05, 3.63) is 0 Å². The summed E-state index contributed by atoms with van der Waals surface area (Å²) in [5.41, 5.74) is 6.29. The molecule has 1 saturated carbocycles. The molecule has 108 valence electrons. The number of rotatable bonds is 7. The molecule has 0 aromatic carbocycles. The standard InChI is InChI=1S/C15H32N2O/c1-13(2)11-18-9-8-17(4)15(12-16)7-5-6-14(3)10-15/h13-14H,5-12,16H2,1-4H3. The molecule has 0 heterocycles. The van der Waals surface area contributed by atoms with Crippen LogP contribution in [0.25, 0.3) is 0 Å². The van der Waals surface area contributed by atoms with E-state index in [0.717, 1.165) is 32.2 Å². The molecule has 0 amide bonds. The summed E-state index contributed by atoms with van der Waals surface area (Å²) >= 11 is 0. The zero-order valence-electron chi connectivity index (χ0n) is 12.7. The third kappa shape index (κ3) is 4.52. The maximum atomic E-state index is 6.07. The van der Waals surface area contributed by atoms with Crippen LogP contribution in [0, 0.1) is 11.8 Å². The van der Waals surface area contributed by atoms with Gasteiger partial charge < -0.3 is 10.5 Å². The molecule has 3 nitrogen and oxygen atoms in total. The molecule has 0 aromatic heterocycles.